The maximum absolute atomic E-state index is 12.0. The fourth-order valence-electron chi connectivity index (χ4n) is 2.06. The lowest BCUT2D eigenvalue weighted by atomic mass is 9.86. The van der Waals surface area contributed by atoms with E-state index in [2.05, 4.69) is 26.1 Å². The van der Waals surface area contributed by atoms with Crippen LogP contribution >= 0.6 is 0 Å². The molecule has 1 aromatic rings. The molecule has 1 amide bonds. The average molecular weight is 261 g/mol. The number of aliphatic hydroxyl groups excluding tert-OH is 1. The monoisotopic (exact) mass is 261 g/mol. The van der Waals surface area contributed by atoms with E-state index < -0.39 is 0 Å². The third-order valence-electron chi connectivity index (χ3n) is 3.93. The highest BCUT2D eigenvalue weighted by atomic mass is 16.3. The van der Waals surface area contributed by atoms with Crippen molar-refractivity contribution in [2.45, 2.75) is 39.0 Å². The van der Waals surface area contributed by atoms with Gasteiger partial charge >= 0.3 is 0 Å². The summed E-state index contributed by atoms with van der Waals surface area (Å²) in [5.74, 6) is -0.0554. The largest absolute Gasteiger partial charge is 0.396 e. The normalized spacial score (nSPS) is 17.1. The van der Waals surface area contributed by atoms with Crippen molar-refractivity contribution >= 4 is 5.91 Å². The van der Waals surface area contributed by atoms with Crippen LogP contribution in [0.3, 0.4) is 0 Å². The number of hydrogen-bond acceptors (Lipinski definition) is 2. The Labute approximate surface area is 115 Å². The number of hydrogen-bond donors (Lipinski definition) is 2. The van der Waals surface area contributed by atoms with Gasteiger partial charge in [-0.15, -0.1) is 0 Å². The van der Waals surface area contributed by atoms with Gasteiger partial charge in [-0.2, -0.15) is 0 Å². The summed E-state index contributed by atoms with van der Waals surface area (Å²) >= 11 is 0. The van der Waals surface area contributed by atoms with Crippen LogP contribution in [0.25, 0.3) is 0 Å². The minimum Gasteiger partial charge on any atom is -0.396 e. The molecule has 1 saturated carbocycles. The molecule has 0 atom stereocenters. The molecular weight excluding hydrogens is 238 g/mol. The first-order valence-corrected chi connectivity index (χ1v) is 6.86. The van der Waals surface area contributed by atoms with Crippen molar-refractivity contribution in [3.05, 3.63) is 35.4 Å². The van der Waals surface area contributed by atoms with E-state index in [9.17, 15) is 9.90 Å². The molecule has 0 bridgehead atoms. The van der Waals surface area contributed by atoms with Gasteiger partial charge in [0.05, 0.1) is 6.61 Å². The lowest BCUT2D eigenvalue weighted by molar-refractivity contribution is 0.0935. The summed E-state index contributed by atoms with van der Waals surface area (Å²) in [6.07, 6.45) is 2.01. The van der Waals surface area contributed by atoms with Crippen LogP contribution in [-0.2, 0) is 5.41 Å². The summed E-state index contributed by atoms with van der Waals surface area (Å²) in [6.45, 7) is 7.19. The van der Waals surface area contributed by atoms with Crippen LogP contribution in [-0.4, -0.2) is 24.2 Å². The van der Waals surface area contributed by atoms with Gasteiger partial charge in [0.25, 0.3) is 5.91 Å². The Balaban J connectivity index is 1.96. The first kappa shape index (κ1) is 14.1. The SMILES string of the molecule is CC(C)(C)c1ccc(C(=O)NCC2(CO)CC2)cc1. The Morgan fingerprint density at radius 2 is 1.84 bits per heavy atom. The predicted octanol–water partition coefficient (Wildman–Crippen LogP) is 2.49. The molecule has 1 fully saturated rings. The van der Waals surface area contributed by atoms with Gasteiger partial charge in [0.15, 0.2) is 0 Å². The molecule has 3 nitrogen and oxygen atoms in total. The first-order valence-electron chi connectivity index (χ1n) is 6.86. The maximum Gasteiger partial charge on any atom is 0.251 e. The zero-order valence-corrected chi connectivity index (χ0v) is 12.0. The Bertz CT molecular complexity index is 453. The molecule has 1 aliphatic carbocycles. The summed E-state index contributed by atoms with van der Waals surface area (Å²) in [7, 11) is 0. The summed E-state index contributed by atoms with van der Waals surface area (Å²) in [6, 6.07) is 7.75. The molecule has 104 valence electrons. The van der Waals surface area contributed by atoms with Gasteiger partial charge in [-0.3, -0.25) is 4.79 Å². The van der Waals surface area contributed by atoms with Gasteiger partial charge in [0, 0.05) is 17.5 Å². The Kier molecular flexibility index (Phi) is 3.68. The minimum absolute atomic E-state index is 0.0407. The standard InChI is InChI=1S/C16H23NO2/c1-15(2,3)13-6-4-12(5-7-13)14(19)17-10-16(11-18)8-9-16/h4-7,18H,8-11H2,1-3H3,(H,17,19). The molecule has 1 aliphatic rings. The first-order chi connectivity index (χ1) is 8.86. The molecule has 0 aromatic heterocycles. The van der Waals surface area contributed by atoms with Crippen molar-refractivity contribution in [1.29, 1.82) is 0 Å². The lowest BCUT2D eigenvalue weighted by Crippen LogP contribution is -2.31. The lowest BCUT2D eigenvalue weighted by Gasteiger charge is -2.19. The number of carbonyl (C=O) groups is 1. The van der Waals surface area contributed by atoms with Crippen molar-refractivity contribution in [1.82, 2.24) is 5.32 Å². The molecule has 0 aliphatic heterocycles. The van der Waals surface area contributed by atoms with Gasteiger partial charge in [0.1, 0.15) is 0 Å². The molecule has 2 rings (SSSR count). The highest BCUT2D eigenvalue weighted by molar-refractivity contribution is 5.94. The summed E-state index contributed by atoms with van der Waals surface area (Å²) in [4.78, 5) is 12.0. The Morgan fingerprint density at radius 3 is 2.26 bits per heavy atom. The topological polar surface area (TPSA) is 49.3 Å². The van der Waals surface area contributed by atoms with Crippen molar-refractivity contribution < 1.29 is 9.90 Å². The van der Waals surface area contributed by atoms with Crippen LogP contribution in [0.2, 0.25) is 0 Å². The number of benzene rings is 1. The Morgan fingerprint density at radius 1 is 1.26 bits per heavy atom. The molecular formula is C16H23NO2. The molecule has 0 radical (unpaired) electrons. The van der Waals surface area contributed by atoms with Crippen LogP contribution < -0.4 is 5.32 Å². The van der Waals surface area contributed by atoms with Gasteiger partial charge in [0.2, 0.25) is 0 Å². The second-order valence-corrected chi connectivity index (χ2v) is 6.67. The van der Waals surface area contributed by atoms with Crippen molar-refractivity contribution in [3.63, 3.8) is 0 Å². The van der Waals surface area contributed by atoms with Gasteiger partial charge in [-0.1, -0.05) is 32.9 Å². The van der Waals surface area contributed by atoms with Crippen molar-refractivity contribution in [2.75, 3.05) is 13.2 Å². The van der Waals surface area contributed by atoms with Crippen LogP contribution in [0.1, 0.15) is 49.5 Å². The van der Waals surface area contributed by atoms with E-state index in [1.807, 2.05) is 24.3 Å². The number of nitrogens with one attached hydrogen (secondary N) is 1. The summed E-state index contributed by atoms with van der Waals surface area (Å²) in [5.41, 5.74) is 1.96. The van der Waals surface area contributed by atoms with E-state index in [-0.39, 0.29) is 23.3 Å². The second-order valence-electron chi connectivity index (χ2n) is 6.67. The van der Waals surface area contributed by atoms with E-state index in [1.54, 1.807) is 0 Å². The van der Waals surface area contributed by atoms with Crippen LogP contribution in [0, 0.1) is 5.41 Å². The predicted molar refractivity (Wildman–Crippen MR) is 76.2 cm³/mol. The van der Waals surface area contributed by atoms with Crippen LogP contribution in [0.4, 0.5) is 0 Å². The highest BCUT2D eigenvalue weighted by Crippen LogP contribution is 2.44. The molecule has 3 heteroatoms. The van der Waals surface area contributed by atoms with E-state index >= 15 is 0 Å². The number of rotatable bonds is 4. The zero-order valence-electron chi connectivity index (χ0n) is 12.0. The molecule has 0 heterocycles. The molecule has 2 N–H and O–H groups in total. The highest BCUT2D eigenvalue weighted by Gasteiger charge is 2.42. The Hall–Kier alpha value is -1.35. The van der Waals surface area contributed by atoms with E-state index in [4.69, 9.17) is 0 Å². The molecule has 0 saturated heterocycles. The van der Waals surface area contributed by atoms with E-state index in [0.29, 0.717) is 12.1 Å². The second kappa shape index (κ2) is 4.97. The third-order valence-corrected chi connectivity index (χ3v) is 3.93. The maximum atomic E-state index is 12.0. The molecule has 1 aromatic carbocycles. The number of carbonyl (C=O) groups excluding carboxylic acids is 1. The quantitative estimate of drug-likeness (QED) is 0.875. The summed E-state index contributed by atoms with van der Waals surface area (Å²) in [5, 5.41) is 12.1. The van der Waals surface area contributed by atoms with Gasteiger partial charge in [-0.25, -0.2) is 0 Å². The number of amides is 1. The van der Waals surface area contributed by atoms with Crippen LogP contribution in [0.15, 0.2) is 24.3 Å². The minimum atomic E-state index is -0.0554. The smallest absolute Gasteiger partial charge is 0.251 e. The molecule has 19 heavy (non-hydrogen) atoms. The molecule has 0 spiro atoms. The van der Waals surface area contributed by atoms with Gasteiger partial charge < -0.3 is 10.4 Å². The van der Waals surface area contributed by atoms with Gasteiger partial charge in [-0.05, 0) is 36.0 Å². The fraction of sp³-hybridized carbons (Fsp3) is 0.562. The average Bonchev–Trinajstić information content (AvgIpc) is 3.16. The van der Waals surface area contributed by atoms with E-state index in [0.717, 1.165) is 12.8 Å². The fourth-order valence-corrected chi connectivity index (χ4v) is 2.06. The number of aliphatic hydroxyl groups is 1. The van der Waals surface area contributed by atoms with Crippen molar-refractivity contribution in [2.24, 2.45) is 5.41 Å². The zero-order chi connectivity index (χ0) is 14.1. The molecule has 0 unspecified atom stereocenters. The summed E-state index contributed by atoms with van der Waals surface area (Å²) < 4.78 is 0. The van der Waals surface area contributed by atoms with Crippen LogP contribution in [0.5, 0.6) is 0 Å². The van der Waals surface area contributed by atoms with Crippen molar-refractivity contribution in [3.8, 4) is 0 Å². The third kappa shape index (κ3) is 3.35. The van der Waals surface area contributed by atoms with E-state index in [1.165, 1.54) is 5.56 Å².